The normalized spacial score (nSPS) is 22.1. The Hall–Kier alpha value is -2.12. The van der Waals surface area contributed by atoms with Crippen molar-refractivity contribution in [1.82, 2.24) is 0 Å². The number of aryl methyl sites for hydroxylation is 1. The highest BCUT2D eigenvalue weighted by atomic mass is 19.1. The molecule has 0 saturated carbocycles. The number of carbonyl (C=O) groups excluding carboxylic acids is 1. The molecule has 0 spiro atoms. The van der Waals surface area contributed by atoms with Gasteiger partial charge in [-0.3, -0.25) is 4.79 Å². The van der Waals surface area contributed by atoms with Gasteiger partial charge in [-0.05, 0) is 35.7 Å². The summed E-state index contributed by atoms with van der Waals surface area (Å²) in [4.78, 5) is 11.7. The molecule has 1 fully saturated rings. The van der Waals surface area contributed by atoms with Crippen LogP contribution in [0.25, 0.3) is 0 Å². The van der Waals surface area contributed by atoms with Crippen molar-refractivity contribution in [2.45, 2.75) is 38.1 Å². The van der Waals surface area contributed by atoms with Gasteiger partial charge < -0.3 is 20.1 Å². The Labute approximate surface area is 158 Å². The van der Waals surface area contributed by atoms with Crippen molar-refractivity contribution in [3.8, 4) is 0 Å². The van der Waals surface area contributed by atoms with E-state index in [0.717, 1.165) is 18.2 Å². The fraction of sp³-hybridized carbons (Fsp3) is 0.381. The van der Waals surface area contributed by atoms with Gasteiger partial charge in [-0.15, -0.1) is 0 Å². The third-order valence-corrected chi connectivity index (χ3v) is 4.53. The Balaban J connectivity index is 0.00000126. The molecule has 2 aromatic rings. The van der Waals surface area contributed by atoms with Gasteiger partial charge in [0.15, 0.2) is 5.78 Å². The van der Waals surface area contributed by atoms with Crippen LogP contribution in [0.5, 0.6) is 0 Å². The Bertz CT molecular complexity index is 760. The first-order valence-electron chi connectivity index (χ1n) is 8.74. The van der Waals surface area contributed by atoms with E-state index in [0.29, 0.717) is 17.5 Å². The summed E-state index contributed by atoms with van der Waals surface area (Å²) < 4.78 is 19.8. The number of benzene rings is 2. The molecule has 27 heavy (non-hydrogen) atoms. The molecule has 0 bridgehead atoms. The standard InChI is InChI=1S/C20H21FO4.CH4O/c1-12-2-4-13(5-3-12)8-15-9-14(6-7-16(15)21)18-10-17(23)20(24)19(11-22)25-18;1-2/h2-7,9,17-19,22-23H,8,10-11H2,1H3;2H,1H3. The maximum Gasteiger partial charge on any atom is 0.192 e. The summed E-state index contributed by atoms with van der Waals surface area (Å²) in [6, 6.07) is 12.6. The molecule has 0 aliphatic carbocycles. The second-order valence-corrected chi connectivity index (χ2v) is 6.46. The summed E-state index contributed by atoms with van der Waals surface area (Å²) in [5.74, 6) is -0.823. The molecule has 0 aromatic heterocycles. The van der Waals surface area contributed by atoms with Crippen LogP contribution >= 0.6 is 0 Å². The quantitative estimate of drug-likeness (QED) is 0.761. The first-order chi connectivity index (χ1) is 13.0. The molecular formula is C21H25FO5. The number of halogens is 1. The zero-order valence-electron chi connectivity index (χ0n) is 15.4. The van der Waals surface area contributed by atoms with E-state index in [4.69, 9.17) is 9.84 Å². The smallest absolute Gasteiger partial charge is 0.192 e. The van der Waals surface area contributed by atoms with Crippen molar-refractivity contribution < 1.29 is 29.2 Å². The van der Waals surface area contributed by atoms with Crippen molar-refractivity contribution in [2.24, 2.45) is 0 Å². The van der Waals surface area contributed by atoms with Crippen molar-refractivity contribution >= 4 is 5.78 Å². The number of rotatable bonds is 4. The van der Waals surface area contributed by atoms with Gasteiger partial charge in [-0.2, -0.15) is 0 Å². The lowest BCUT2D eigenvalue weighted by molar-refractivity contribution is -0.161. The third-order valence-electron chi connectivity index (χ3n) is 4.53. The molecule has 3 rings (SSSR count). The van der Waals surface area contributed by atoms with Crippen molar-refractivity contribution in [1.29, 1.82) is 0 Å². The summed E-state index contributed by atoms with van der Waals surface area (Å²) in [7, 11) is 1.00. The van der Waals surface area contributed by atoms with E-state index in [-0.39, 0.29) is 12.2 Å². The number of aliphatic hydroxyl groups excluding tert-OH is 3. The maximum absolute atomic E-state index is 14.2. The summed E-state index contributed by atoms with van der Waals surface area (Å²) in [5.41, 5.74) is 3.35. The predicted molar refractivity (Wildman–Crippen MR) is 98.9 cm³/mol. The number of hydrogen-bond donors (Lipinski definition) is 3. The average molecular weight is 376 g/mol. The zero-order chi connectivity index (χ0) is 20.0. The number of ether oxygens (including phenoxy) is 1. The Kier molecular flexibility index (Phi) is 7.62. The van der Waals surface area contributed by atoms with Gasteiger partial charge >= 0.3 is 0 Å². The molecule has 1 saturated heterocycles. The third kappa shape index (κ3) is 5.20. The van der Waals surface area contributed by atoms with Gasteiger partial charge in [0.2, 0.25) is 0 Å². The first-order valence-corrected chi connectivity index (χ1v) is 8.74. The van der Waals surface area contributed by atoms with E-state index in [9.17, 15) is 19.4 Å². The summed E-state index contributed by atoms with van der Waals surface area (Å²) >= 11 is 0. The van der Waals surface area contributed by atoms with Gasteiger partial charge in [0.25, 0.3) is 0 Å². The molecule has 3 N–H and O–H groups in total. The summed E-state index contributed by atoms with van der Waals surface area (Å²) in [5, 5.41) is 26.1. The molecule has 3 unspecified atom stereocenters. The van der Waals surface area contributed by atoms with Crippen LogP contribution in [-0.4, -0.2) is 47.0 Å². The number of ketones is 1. The van der Waals surface area contributed by atoms with Crippen LogP contribution in [0.15, 0.2) is 42.5 Å². The highest BCUT2D eigenvalue weighted by Gasteiger charge is 2.36. The fourth-order valence-electron chi connectivity index (χ4n) is 3.06. The van der Waals surface area contributed by atoms with Gasteiger partial charge in [0.1, 0.15) is 18.0 Å². The zero-order valence-corrected chi connectivity index (χ0v) is 15.4. The minimum atomic E-state index is -1.18. The van der Waals surface area contributed by atoms with E-state index in [1.807, 2.05) is 31.2 Å². The van der Waals surface area contributed by atoms with Gasteiger partial charge in [0.05, 0.1) is 12.7 Å². The molecule has 0 radical (unpaired) electrons. The Morgan fingerprint density at radius 2 is 1.81 bits per heavy atom. The van der Waals surface area contributed by atoms with E-state index in [1.54, 1.807) is 12.1 Å². The second kappa shape index (κ2) is 9.71. The lowest BCUT2D eigenvalue weighted by atomic mass is 9.93. The molecule has 5 nitrogen and oxygen atoms in total. The minimum absolute atomic E-state index is 0.102. The van der Waals surface area contributed by atoms with Crippen molar-refractivity contribution in [3.05, 3.63) is 70.5 Å². The lowest BCUT2D eigenvalue weighted by Crippen LogP contribution is -2.43. The molecule has 6 heteroatoms. The van der Waals surface area contributed by atoms with Crippen LogP contribution in [0.4, 0.5) is 4.39 Å². The highest BCUT2D eigenvalue weighted by Crippen LogP contribution is 2.31. The van der Waals surface area contributed by atoms with Crippen LogP contribution < -0.4 is 0 Å². The van der Waals surface area contributed by atoms with Crippen molar-refractivity contribution in [3.63, 3.8) is 0 Å². The second-order valence-electron chi connectivity index (χ2n) is 6.46. The van der Waals surface area contributed by atoms with Gasteiger partial charge in [-0.25, -0.2) is 4.39 Å². The number of hydrogen-bond acceptors (Lipinski definition) is 5. The molecule has 3 atom stereocenters. The van der Waals surface area contributed by atoms with Gasteiger partial charge in [-0.1, -0.05) is 35.9 Å². The topological polar surface area (TPSA) is 87.0 Å². The van der Waals surface area contributed by atoms with Crippen LogP contribution in [-0.2, 0) is 16.0 Å². The van der Waals surface area contributed by atoms with Gasteiger partial charge in [0, 0.05) is 20.0 Å². The summed E-state index contributed by atoms with van der Waals surface area (Å²) in [6.45, 7) is 1.51. The Morgan fingerprint density at radius 1 is 1.15 bits per heavy atom. The minimum Gasteiger partial charge on any atom is -0.400 e. The molecular weight excluding hydrogens is 351 g/mol. The molecule has 1 heterocycles. The largest absolute Gasteiger partial charge is 0.400 e. The lowest BCUT2D eigenvalue weighted by Gasteiger charge is -2.31. The van der Waals surface area contributed by atoms with E-state index >= 15 is 0 Å². The molecule has 0 amide bonds. The highest BCUT2D eigenvalue weighted by molar-refractivity contribution is 5.88. The molecule has 146 valence electrons. The number of Topliss-reactive ketones (excluding diaryl/α,β-unsaturated/α-hetero) is 1. The molecule has 1 aliphatic heterocycles. The maximum atomic E-state index is 14.2. The van der Waals surface area contributed by atoms with E-state index < -0.39 is 30.7 Å². The number of aliphatic hydroxyl groups is 3. The van der Waals surface area contributed by atoms with Crippen molar-refractivity contribution in [2.75, 3.05) is 13.7 Å². The van der Waals surface area contributed by atoms with E-state index in [2.05, 4.69) is 0 Å². The van der Waals surface area contributed by atoms with Crippen LogP contribution in [0.3, 0.4) is 0 Å². The predicted octanol–water partition coefficient (Wildman–Crippen LogP) is 2.09. The van der Waals surface area contributed by atoms with Crippen LogP contribution in [0, 0.1) is 12.7 Å². The number of carbonyl (C=O) groups is 1. The monoisotopic (exact) mass is 376 g/mol. The molecule has 2 aromatic carbocycles. The Morgan fingerprint density at radius 3 is 2.44 bits per heavy atom. The SMILES string of the molecule is CO.Cc1ccc(Cc2cc(C3CC(O)C(=O)C(CO)O3)ccc2F)cc1. The van der Waals surface area contributed by atoms with Crippen LogP contribution in [0.1, 0.15) is 34.8 Å². The first kappa shape index (κ1) is 21.2. The fourth-order valence-corrected chi connectivity index (χ4v) is 3.06. The summed E-state index contributed by atoms with van der Waals surface area (Å²) in [6.07, 6.45) is -2.23. The van der Waals surface area contributed by atoms with Crippen LogP contribution in [0.2, 0.25) is 0 Å². The molecule has 1 aliphatic rings. The average Bonchev–Trinajstić information content (AvgIpc) is 2.69. The van der Waals surface area contributed by atoms with E-state index in [1.165, 1.54) is 6.07 Å².